The second kappa shape index (κ2) is 4.65. The molecule has 0 aromatic carbocycles. The normalized spacial score (nSPS) is 27.7. The number of carbonyl (C=O) groups is 1. The fraction of sp³-hybridized carbons (Fsp3) is 0.923. The van der Waals surface area contributed by atoms with E-state index >= 15 is 0 Å². The van der Waals surface area contributed by atoms with Crippen molar-refractivity contribution in [1.82, 2.24) is 4.90 Å². The van der Waals surface area contributed by atoms with Crippen molar-refractivity contribution in [1.29, 1.82) is 0 Å². The maximum Gasteiger partial charge on any atom is 0.134 e. The fourth-order valence-corrected chi connectivity index (χ4v) is 2.66. The Kier molecular flexibility index (Phi) is 3.45. The minimum absolute atomic E-state index is 0.479. The van der Waals surface area contributed by atoms with Gasteiger partial charge in [-0.1, -0.05) is 0 Å². The van der Waals surface area contributed by atoms with Crippen LogP contribution in [0.15, 0.2) is 0 Å². The number of Topliss-reactive ketones (excluding diaryl/α,β-unsaturated/α-hetero) is 1. The Morgan fingerprint density at radius 3 is 2.60 bits per heavy atom. The van der Waals surface area contributed by atoms with Crippen LogP contribution in [-0.2, 0) is 4.79 Å². The second-order valence-electron chi connectivity index (χ2n) is 5.52. The molecular weight excluding hydrogens is 186 g/mol. The predicted molar refractivity (Wildman–Crippen MR) is 61.8 cm³/mol. The lowest BCUT2D eigenvalue weighted by atomic mass is 9.92. The second-order valence-corrected chi connectivity index (χ2v) is 5.52. The van der Waals surface area contributed by atoms with E-state index in [4.69, 9.17) is 0 Å². The maximum absolute atomic E-state index is 11.5. The molecule has 0 spiro atoms. The highest BCUT2D eigenvalue weighted by Gasteiger charge is 2.31. The topological polar surface area (TPSA) is 20.3 Å². The van der Waals surface area contributed by atoms with E-state index in [1.54, 1.807) is 0 Å². The number of ketones is 1. The monoisotopic (exact) mass is 209 g/mol. The smallest absolute Gasteiger partial charge is 0.134 e. The molecule has 0 N–H and O–H groups in total. The van der Waals surface area contributed by atoms with Crippen LogP contribution in [-0.4, -0.2) is 29.3 Å². The van der Waals surface area contributed by atoms with Crippen LogP contribution in [0.25, 0.3) is 0 Å². The molecule has 15 heavy (non-hydrogen) atoms. The van der Waals surface area contributed by atoms with Crippen LogP contribution in [0.3, 0.4) is 0 Å². The van der Waals surface area contributed by atoms with Gasteiger partial charge in [0.15, 0.2) is 0 Å². The molecule has 1 atom stereocenters. The van der Waals surface area contributed by atoms with Crippen LogP contribution in [0.2, 0.25) is 0 Å². The standard InChI is InChI=1S/C13H23NO/c1-10(2)14(9-11-6-7-11)12-4-3-5-13(15)8-12/h10-12H,3-9H2,1-2H3. The van der Waals surface area contributed by atoms with E-state index in [9.17, 15) is 4.79 Å². The van der Waals surface area contributed by atoms with Gasteiger partial charge in [0.1, 0.15) is 5.78 Å². The zero-order valence-corrected chi connectivity index (χ0v) is 10.0. The number of hydrogen-bond acceptors (Lipinski definition) is 2. The van der Waals surface area contributed by atoms with Gasteiger partial charge in [0.25, 0.3) is 0 Å². The summed E-state index contributed by atoms with van der Waals surface area (Å²) in [6.07, 6.45) is 6.79. The molecule has 2 heteroatoms. The molecular formula is C13H23NO. The van der Waals surface area contributed by atoms with Gasteiger partial charge in [-0.3, -0.25) is 9.69 Å². The van der Waals surface area contributed by atoms with Gasteiger partial charge in [-0.25, -0.2) is 0 Å². The average Bonchev–Trinajstić information content (AvgIpc) is 2.97. The van der Waals surface area contributed by atoms with E-state index in [0.29, 0.717) is 17.9 Å². The summed E-state index contributed by atoms with van der Waals surface area (Å²) in [7, 11) is 0. The zero-order valence-electron chi connectivity index (χ0n) is 10.0. The summed E-state index contributed by atoms with van der Waals surface area (Å²) < 4.78 is 0. The first-order valence-electron chi connectivity index (χ1n) is 6.44. The first-order chi connectivity index (χ1) is 7.16. The van der Waals surface area contributed by atoms with Crippen LogP contribution >= 0.6 is 0 Å². The Hall–Kier alpha value is -0.370. The molecule has 2 nitrogen and oxygen atoms in total. The number of carbonyl (C=O) groups excluding carboxylic acids is 1. The van der Waals surface area contributed by atoms with Crippen molar-refractivity contribution >= 4 is 5.78 Å². The van der Waals surface area contributed by atoms with Gasteiger partial charge >= 0.3 is 0 Å². The number of hydrogen-bond donors (Lipinski definition) is 0. The molecule has 2 aliphatic rings. The molecule has 2 rings (SSSR count). The summed E-state index contributed by atoms with van der Waals surface area (Å²) in [6, 6.07) is 1.15. The molecule has 0 heterocycles. The third kappa shape index (κ3) is 3.04. The molecule has 0 aromatic heterocycles. The summed E-state index contributed by atoms with van der Waals surface area (Å²) in [6.45, 7) is 5.76. The van der Waals surface area contributed by atoms with Crippen molar-refractivity contribution in [3.8, 4) is 0 Å². The van der Waals surface area contributed by atoms with Crippen molar-refractivity contribution in [2.45, 2.75) is 64.5 Å². The van der Waals surface area contributed by atoms with Crippen molar-refractivity contribution in [3.05, 3.63) is 0 Å². The maximum atomic E-state index is 11.5. The van der Waals surface area contributed by atoms with E-state index in [1.165, 1.54) is 25.8 Å². The van der Waals surface area contributed by atoms with Gasteiger partial charge in [0.2, 0.25) is 0 Å². The lowest BCUT2D eigenvalue weighted by Crippen LogP contribution is -2.44. The van der Waals surface area contributed by atoms with E-state index < -0.39 is 0 Å². The van der Waals surface area contributed by atoms with Crippen LogP contribution in [0, 0.1) is 5.92 Å². The van der Waals surface area contributed by atoms with Crippen molar-refractivity contribution in [2.24, 2.45) is 5.92 Å². The van der Waals surface area contributed by atoms with Crippen LogP contribution in [0.4, 0.5) is 0 Å². The first-order valence-corrected chi connectivity index (χ1v) is 6.44. The highest BCUT2D eigenvalue weighted by Crippen LogP contribution is 2.32. The average molecular weight is 209 g/mol. The molecule has 0 saturated heterocycles. The molecule has 2 aliphatic carbocycles. The summed E-state index contributed by atoms with van der Waals surface area (Å²) in [5.74, 6) is 1.41. The fourth-order valence-electron chi connectivity index (χ4n) is 2.66. The SMILES string of the molecule is CC(C)N(CC1CC1)C1CCCC(=O)C1. The van der Waals surface area contributed by atoms with Crippen molar-refractivity contribution in [2.75, 3.05) is 6.54 Å². The van der Waals surface area contributed by atoms with Crippen LogP contribution in [0.5, 0.6) is 0 Å². The molecule has 2 fully saturated rings. The Labute approximate surface area is 93.0 Å². The molecule has 86 valence electrons. The molecule has 0 aromatic rings. The zero-order chi connectivity index (χ0) is 10.8. The van der Waals surface area contributed by atoms with Gasteiger partial charge in [-0.05, 0) is 45.4 Å². The lowest BCUT2D eigenvalue weighted by Gasteiger charge is -2.36. The predicted octanol–water partition coefficient (Wildman–Crippen LogP) is 2.62. The van der Waals surface area contributed by atoms with Gasteiger partial charge in [0, 0.05) is 31.5 Å². The minimum atomic E-state index is 0.479. The molecule has 1 unspecified atom stereocenters. The van der Waals surface area contributed by atoms with E-state index in [0.717, 1.165) is 25.2 Å². The summed E-state index contributed by atoms with van der Waals surface area (Å²) in [4.78, 5) is 14.1. The Balaban J connectivity index is 1.92. The molecule has 0 aliphatic heterocycles. The Morgan fingerprint density at radius 1 is 1.33 bits per heavy atom. The van der Waals surface area contributed by atoms with E-state index in [2.05, 4.69) is 18.7 Å². The highest BCUT2D eigenvalue weighted by atomic mass is 16.1. The van der Waals surface area contributed by atoms with Gasteiger partial charge in [-0.15, -0.1) is 0 Å². The van der Waals surface area contributed by atoms with Crippen LogP contribution < -0.4 is 0 Å². The Morgan fingerprint density at radius 2 is 2.07 bits per heavy atom. The first kappa shape index (κ1) is 11.1. The van der Waals surface area contributed by atoms with Crippen molar-refractivity contribution < 1.29 is 4.79 Å². The molecule has 0 amide bonds. The summed E-state index contributed by atoms with van der Waals surface area (Å²) >= 11 is 0. The Bertz CT molecular complexity index is 233. The van der Waals surface area contributed by atoms with Crippen LogP contribution in [0.1, 0.15) is 52.4 Å². The molecule has 2 saturated carbocycles. The van der Waals surface area contributed by atoms with Crippen molar-refractivity contribution in [3.63, 3.8) is 0 Å². The quantitative estimate of drug-likeness (QED) is 0.709. The van der Waals surface area contributed by atoms with Gasteiger partial charge in [0.05, 0.1) is 0 Å². The number of nitrogens with zero attached hydrogens (tertiary/aromatic N) is 1. The van der Waals surface area contributed by atoms with Gasteiger partial charge < -0.3 is 0 Å². The third-order valence-corrected chi connectivity index (χ3v) is 3.75. The summed E-state index contributed by atoms with van der Waals surface area (Å²) in [5, 5.41) is 0. The highest BCUT2D eigenvalue weighted by molar-refractivity contribution is 5.79. The van der Waals surface area contributed by atoms with E-state index in [-0.39, 0.29) is 0 Å². The molecule has 0 radical (unpaired) electrons. The van der Waals surface area contributed by atoms with E-state index in [1.807, 2.05) is 0 Å². The lowest BCUT2D eigenvalue weighted by molar-refractivity contribution is -0.122. The third-order valence-electron chi connectivity index (χ3n) is 3.75. The minimum Gasteiger partial charge on any atom is -0.300 e. The summed E-state index contributed by atoms with van der Waals surface area (Å²) in [5.41, 5.74) is 0. The molecule has 0 bridgehead atoms. The number of rotatable bonds is 4. The van der Waals surface area contributed by atoms with Gasteiger partial charge in [-0.2, -0.15) is 0 Å². The largest absolute Gasteiger partial charge is 0.300 e.